The highest BCUT2D eigenvalue weighted by molar-refractivity contribution is 5.95. The zero-order valence-corrected chi connectivity index (χ0v) is 10.4. The van der Waals surface area contributed by atoms with Gasteiger partial charge < -0.3 is 10.0 Å². The third kappa shape index (κ3) is 3.09. The van der Waals surface area contributed by atoms with E-state index >= 15 is 0 Å². The minimum absolute atomic E-state index is 0.135. The Morgan fingerprint density at radius 3 is 2.39 bits per heavy atom. The molecular formula is C14H17NO3. The summed E-state index contributed by atoms with van der Waals surface area (Å²) in [6.45, 7) is 0. The Kier molecular flexibility index (Phi) is 3.65. The quantitative estimate of drug-likeness (QED) is 0.866. The third-order valence-electron chi connectivity index (χ3n) is 3.21. The second kappa shape index (κ2) is 5.21. The number of aryl methyl sites for hydroxylation is 1. The first-order valence-electron chi connectivity index (χ1n) is 6.16. The molecule has 0 unspecified atom stereocenters. The molecule has 0 aliphatic heterocycles. The van der Waals surface area contributed by atoms with Gasteiger partial charge in [0, 0.05) is 25.1 Å². The van der Waals surface area contributed by atoms with Crippen LogP contribution in [-0.2, 0) is 16.0 Å². The van der Waals surface area contributed by atoms with Gasteiger partial charge in [-0.1, -0.05) is 12.1 Å². The second-order valence-electron chi connectivity index (χ2n) is 4.73. The van der Waals surface area contributed by atoms with Crippen molar-refractivity contribution in [3.8, 4) is 0 Å². The molecule has 0 radical (unpaired) electrons. The van der Waals surface area contributed by atoms with Crippen LogP contribution in [0.15, 0.2) is 24.3 Å². The van der Waals surface area contributed by atoms with Gasteiger partial charge in [-0.25, -0.2) is 0 Å². The molecule has 1 aliphatic carbocycles. The summed E-state index contributed by atoms with van der Waals surface area (Å²) >= 11 is 0. The molecule has 0 atom stereocenters. The summed E-state index contributed by atoms with van der Waals surface area (Å²) in [6, 6.07) is 7.51. The molecule has 1 amide bonds. The topological polar surface area (TPSA) is 57.6 Å². The summed E-state index contributed by atoms with van der Waals surface area (Å²) in [5, 5.41) is 8.61. The van der Waals surface area contributed by atoms with Crippen molar-refractivity contribution in [3.05, 3.63) is 29.8 Å². The molecule has 4 nitrogen and oxygen atoms in total. The number of hydrogen-bond acceptors (Lipinski definition) is 2. The third-order valence-corrected chi connectivity index (χ3v) is 3.21. The molecule has 0 heterocycles. The van der Waals surface area contributed by atoms with Gasteiger partial charge >= 0.3 is 5.97 Å². The van der Waals surface area contributed by atoms with Crippen molar-refractivity contribution in [1.29, 1.82) is 0 Å². The fourth-order valence-corrected chi connectivity index (χ4v) is 1.87. The van der Waals surface area contributed by atoms with Gasteiger partial charge in [-0.15, -0.1) is 0 Å². The predicted molar refractivity (Wildman–Crippen MR) is 68.5 cm³/mol. The van der Waals surface area contributed by atoms with Crippen LogP contribution in [0.2, 0.25) is 0 Å². The summed E-state index contributed by atoms with van der Waals surface area (Å²) in [7, 11) is 1.78. The van der Waals surface area contributed by atoms with Crippen LogP contribution >= 0.6 is 0 Å². The molecule has 18 heavy (non-hydrogen) atoms. The standard InChI is InChI=1S/C14H17NO3/c1-15(14(18)11-5-6-11)12-7-2-10(3-8-12)4-9-13(16)17/h2-3,7-8,11H,4-6,9H2,1H3,(H,16,17). The Labute approximate surface area is 106 Å². The second-order valence-corrected chi connectivity index (χ2v) is 4.73. The van der Waals surface area contributed by atoms with Crippen LogP contribution in [0.3, 0.4) is 0 Å². The Balaban J connectivity index is 1.97. The van der Waals surface area contributed by atoms with Gasteiger partial charge in [-0.2, -0.15) is 0 Å². The molecule has 96 valence electrons. The van der Waals surface area contributed by atoms with Crippen molar-refractivity contribution in [2.45, 2.75) is 25.7 Å². The first-order chi connectivity index (χ1) is 8.58. The van der Waals surface area contributed by atoms with E-state index in [2.05, 4.69) is 0 Å². The maximum Gasteiger partial charge on any atom is 0.303 e. The van der Waals surface area contributed by atoms with E-state index < -0.39 is 5.97 Å². The lowest BCUT2D eigenvalue weighted by Gasteiger charge is -2.17. The van der Waals surface area contributed by atoms with Gasteiger partial charge in [0.1, 0.15) is 0 Å². The lowest BCUT2D eigenvalue weighted by molar-refractivity contribution is -0.137. The molecule has 4 heteroatoms. The van der Waals surface area contributed by atoms with Crippen molar-refractivity contribution in [2.75, 3.05) is 11.9 Å². The van der Waals surface area contributed by atoms with E-state index in [1.807, 2.05) is 24.3 Å². The zero-order chi connectivity index (χ0) is 13.1. The van der Waals surface area contributed by atoms with Gasteiger partial charge in [0.15, 0.2) is 0 Å². The van der Waals surface area contributed by atoms with Crippen molar-refractivity contribution in [2.24, 2.45) is 5.92 Å². The average Bonchev–Trinajstić information content (AvgIpc) is 3.19. The first kappa shape index (κ1) is 12.6. The zero-order valence-electron chi connectivity index (χ0n) is 10.4. The molecule has 0 aromatic heterocycles. The molecule has 1 N–H and O–H groups in total. The van der Waals surface area contributed by atoms with Crippen molar-refractivity contribution in [3.63, 3.8) is 0 Å². The van der Waals surface area contributed by atoms with E-state index in [-0.39, 0.29) is 18.2 Å². The molecule has 2 rings (SSSR count). The van der Waals surface area contributed by atoms with Crippen molar-refractivity contribution in [1.82, 2.24) is 0 Å². The number of nitrogens with zero attached hydrogens (tertiary/aromatic N) is 1. The number of hydrogen-bond donors (Lipinski definition) is 1. The number of amides is 1. The SMILES string of the molecule is CN(C(=O)C1CC1)c1ccc(CCC(=O)O)cc1. The molecule has 1 aromatic rings. The Hall–Kier alpha value is -1.84. The van der Waals surface area contributed by atoms with Crippen LogP contribution in [0, 0.1) is 5.92 Å². The molecule has 1 fully saturated rings. The minimum atomic E-state index is -0.792. The minimum Gasteiger partial charge on any atom is -0.481 e. The van der Waals surface area contributed by atoms with Crippen LogP contribution in [0.1, 0.15) is 24.8 Å². The van der Waals surface area contributed by atoms with E-state index in [1.54, 1.807) is 11.9 Å². The van der Waals surface area contributed by atoms with Gasteiger partial charge in [-0.3, -0.25) is 9.59 Å². The molecule has 0 bridgehead atoms. The molecule has 0 saturated heterocycles. The highest BCUT2D eigenvalue weighted by atomic mass is 16.4. The maximum absolute atomic E-state index is 11.9. The number of carbonyl (C=O) groups is 2. The van der Waals surface area contributed by atoms with Crippen LogP contribution in [0.4, 0.5) is 5.69 Å². The summed E-state index contributed by atoms with van der Waals surface area (Å²) in [6.07, 6.45) is 2.66. The van der Waals surface area contributed by atoms with E-state index in [1.165, 1.54) is 0 Å². The Morgan fingerprint density at radius 1 is 1.28 bits per heavy atom. The summed E-state index contributed by atoms with van der Waals surface area (Å²) in [5.41, 5.74) is 1.85. The highest BCUT2D eigenvalue weighted by Crippen LogP contribution is 2.32. The lowest BCUT2D eigenvalue weighted by atomic mass is 10.1. The fraction of sp³-hybridized carbons (Fsp3) is 0.429. The highest BCUT2D eigenvalue weighted by Gasteiger charge is 2.32. The van der Waals surface area contributed by atoms with E-state index in [9.17, 15) is 9.59 Å². The van der Waals surface area contributed by atoms with Crippen molar-refractivity contribution < 1.29 is 14.7 Å². The summed E-state index contributed by atoms with van der Waals surface area (Å²) in [4.78, 5) is 24.0. The molecule has 1 saturated carbocycles. The van der Waals surface area contributed by atoms with Crippen LogP contribution in [-0.4, -0.2) is 24.0 Å². The van der Waals surface area contributed by atoms with E-state index in [0.29, 0.717) is 6.42 Å². The monoisotopic (exact) mass is 247 g/mol. The first-order valence-corrected chi connectivity index (χ1v) is 6.16. The molecule has 1 aliphatic rings. The molecular weight excluding hydrogens is 230 g/mol. The number of rotatable bonds is 5. The van der Waals surface area contributed by atoms with Crippen LogP contribution < -0.4 is 4.90 Å². The lowest BCUT2D eigenvalue weighted by Crippen LogP contribution is -2.27. The number of carboxylic acid groups (broad SMARTS) is 1. The fourth-order valence-electron chi connectivity index (χ4n) is 1.87. The number of aliphatic carboxylic acids is 1. The normalized spacial score (nSPS) is 14.3. The van der Waals surface area contributed by atoms with Crippen LogP contribution in [0.5, 0.6) is 0 Å². The smallest absolute Gasteiger partial charge is 0.303 e. The average molecular weight is 247 g/mol. The van der Waals surface area contributed by atoms with Gasteiger partial charge in [-0.05, 0) is 37.0 Å². The van der Waals surface area contributed by atoms with Crippen molar-refractivity contribution >= 4 is 17.6 Å². The number of carbonyl (C=O) groups excluding carboxylic acids is 1. The Bertz CT molecular complexity index is 449. The van der Waals surface area contributed by atoms with Gasteiger partial charge in [0.2, 0.25) is 5.91 Å². The maximum atomic E-state index is 11.9. The van der Waals surface area contributed by atoms with E-state index in [0.717, 1.165) is 24.1 Å². The number of anilines is 1. The number of benzene rings is 1. The summed E-state index contributed by atoms with van der Waals surface area (Å²) < 4.78 is 0. The van der Waals surface area contributed by atoms with E-state index in [4.69, 9.17) is 5.11 Å². The number of carboxylic acids is 1. The largest absolute Gasteiger partial charge is 0.481 e. The van der Waals surface area contributed by atoms with Crippen LogP contribution in [0.25, 0.3) is 0 Å². The Morgan fingerprint density at radius 2 is 1.89 bits per heavy atom. The van der Waals surface area contributed by atoms with Gasteiger partial charge in [0.25, 0.3) is 0 Å². The molecule has 1 aromatic carbocycles. The summed E-state index contributed by atoms with van der Waals surface area (Å²) in [5.74, 6) is -0.407. The van der Waals surface area contributed by atoms with Gasteiger partial charge in [0.05, 0.1) is 0 Å². The molecule has 0 spiro atoms. The predicted octanol–water partition coefficient (Wildman–Crippen LogP) is 2.08.